The Bertz CT molecular complexity index is 201. The van der Waals surface area contributed by atoms with Gasteiger partial charge in [0.25, 0.3) is 0 Å². The Balaban J connectivity index is 1.57. The molecular weight excluding hydrogens is 208 g/mol. The van der Waals surface area contributed by atoms with Crippen molar-refractivity contribution in [1.82, 2.24) is 10.2 Å². The molecule has 0 aromatic heterocycles. The van der Waals surface area contributed by atoms with Crippen LogP contribution >= 0.6 is 0 Å². The number of likely N-dealkylation sites (tertiary alicyclic amines) is 1. The van der Waals surface area contributed by atoms with Gasteiger partial charge >= 0.3 is 0 Å². The van der Waals surface area contributed by atoms with E-state index in [1.165, 1.54) is 77.5 Å². The molecule has 2 nitrogen and oxygen atoms in total. The molecule has 0 radical (unpaired) electrons. The maximum Gasteiger partial charge on any atom is 0.00797 e. The van der Waals surface area contributed by atoms with Gasteiger partial charge in [0, 0.05) is 6.04 Å². The summed E-state index contributed by atoms with van der Waals surface area (Å²) >= 11 is 0. The van der Waals surface area contributed by atoms with Gasteiger partial charge in [0.2, 0.25) is 0 Å². The Kier molecular flexibility index (Phi) is 5.79. The molecule has 2 aliphatic rings. The Morgan fingerprint density at radius 1 is 1.06 bits per heavy atom. The van der Waals surface area contributed by atoms with Crippen molar-refractivity contribution in [3.8, 4) is 0 Å². The van der Waals surface area contributed by atoms with Crippen LogP contribution < -0.4 is 5.32 Å². The van der Waals surface area contributed by atoms with E-state index < -0.39 is 0 Å². The fourth-order valence-electron chi connectivity index (χ4n) is 3.17. The first-order valence-corrected chi connectivity index (χ1v) is 7.84. The molecule has 2 heteroatoms. The summed E-state index contributed by atoms with van der Waals surface area (Å²) in [5.74, 6) is 1.06. The van der Waals surface area contributed by atoms with Crippen molar-refractivity contribution in [3.63, 3.8) is 0 Å². The second-order valence-corrected chi connectivity index (χ2v) is 6.01. The molecule has 1 aliphatic carbocycles. The van der Waals surface area contributed by atoms with Crippen LogP contribution in [0.5, 0.6) is 0 Å². The minimum absolute atomic E-state index is 0.803. The largest absolute Gasteiger partial charge is 0.314 e. The average molecular weight is 238 g/mol. The molecule has 0 aromatic carbocycles. The van der Waals surface area contributed by atoms with Crippen molar-refractivity contribution >= 4 is 0 Å². The zero-order chi connectivity index (χ0) is 11.9. The highest BCUT2D eigenvalue weighted by molar-refractivity contribution is 4.76. The fourth-order valence-corrected chi connectivity index (χ4v) is 3.17. The molecular formula is C15H30N2. The van der Waals surface area contributed by atoms with E-state index in [1.807, 2.05) is 0 Å². The second-order valence-electron chi connectivity index (χ2n) is 6.01. The third-order valence-corrected chi connectivity index (χ3v) is 4.57. The van der Waals surface area contributed by atoms with Gasteiger partial charge in [0.05, 0.1) is 0 Å². The van der Waals surface area contributed by atoms with Gasteiger partial charge in [-0.15, -0.1) is 0 Å². The van der Waals surface area contributed by atoms with E-state index in [1.54, 1.807) is 0 Å². The fraction of sp³-hybridized carbons (Fsp3) is 1.00. The molecule has 1 aliphatic heterocycles. The van der Waals surface area contributed by atoms with Crippen LogP contribution in [0.25, 0.3) is 0 Å². The molecule has 1 unspecified atom stereocenters. The molecule has 2 fully saturated rings. The summed E-state index contributed by atoms with van der Waals surface area (Å²) < 4.78 is 0. The van der Waals surface area contributed by atoms with Crippen LogP contribution in [0, 0.1) is 5.92 Å². The highest BCUT2D eigenvalue weighted by atomic mass is 15.1. The number of hydrogen-bond donors (Lipinski definition) is 1. The molecule has 1 atom stereocenters. The van der Waals surface area contributed by atoms with Gasteiger partial charge in [-0.3, -0.25) is 0 Å². The van der Waals surface area contributed by atoms with Gasteiger partial charge in [-0.25, -0.2) is 0 Å². The topological polar surface area (TPSA) is 15.3 Å². The van der Waals surface area contributed by atoms with E-state index in [2.05, 4.69) is 17.1 Å². The normalized spacial score (nSPS) is 27.7. The smallest absolute Gasteiger partial charge is 0.00797 e. The van der Waals surface area contributed by atoms with Crippen LogP contribution in [0.1, 0.15) is 58.3 Å². The van der Waals surface area contributed by atoms with Gasteiger partial charge in [-0.2, -0.15) is 0 Å². The van der Waals surface area contributed by atoms with Crippen LogP contribution in [-0.2, 0) is 0 Å². The first kappa shape index (κ1) is 13.4. The van der Waals surface area contributed by atoms with Gasteiger partial charge in [-0.05, 0) is 64.2 Å². The molecule has 17 heavy (non-hydrogen) atoms. The zero-order valence-corrected chi connectivity index (χ0v) is 11.6. The van der Waals surface area contributed by atoms with Crippen LogP contribution in [-0.4, -0.2) is 37.1 Å². The highest BCUT2D eigenvalue weighted by Crippen LogP contribution is 2.28. The van der Waals surface area contributed by atoms with E-state index in [0.717, 1.165) is 12.0 Å². The van der Waals surface area contributed by atoms with E-state index in [4.69, 9.17) is 0 Å². The van der Waals surface area contributed by atoms with Crippen molar-refractivity contribution in [2.45, 2.75) is 64.3 Å². The molecule has 2 rings (SSSR count). The first-order valence-electron chi connectivity index (χ1n) is 7.84. The first-order chi connectivity index (χ1) is 8.38. The minimum Gasteiger partial charge on any atom is -0.314 e. The van der Waals surface area contributed by atoms with Gasteiger partial charge in [-0.1, -0.05) is 26.2 Å². The monoisotopic (exact) mass is 238 g/mol. The maximum atomic E-state index is 3.80. The summed E-state index contributed by atoms with van der Waals surface area (Å²) in [4.78, 5) is 2.65. The van der Waals surface area contributed by atoms with Crippen LogP contribution in [0.4, 0.5) is 0 Å². The van der Waals surface area contributed by atoms with Crippen LogP contribution in [0.15, 0.2) is 0 Å². The zero-order valence-electron chi connectivity index (χ0n) is 11.6. The van der Waals surface area contributed by atoms with Crippen molar-refractivity contribution in [2.24, 2.45) is 5.92 Å². The van der Waals surface area contributed by atoms with Crippen molar-refractivity contribution in [2.75, 3.05) is 26.2 Å². The Hall–Kier alpha value is -0.0800. The predicted octanol–water partition coefficient (Wildman–Crippen LogP) is 3.03. The molecule has 0 spiro atoms. The van der Waals surface area contributed by atoms with E-state index in [9.17, 15) is 0 Å². The summed E-state index contributed by atoms with van der Waals surface area (Å²) in [6, 6.07) is 0.803. The molecule has 1 N–H and O–H groups in total. The van der Waals surface area contributed by atoms with Crippen molar-refractivity contribution in [3.05, 3.63) is 0 Å². The summed E-state index contributed by atoms with van der Waals surface area (Å²) in [6.07, 6.45) is 11.4. The number of rotatable bonds is 6. The average Bonchev–Trinajstić information content (AvgIpc) is 2.48. The molecule has 0 bridgehead atoms. The summed E-state index contributed by atoms with van der Waals surface area (Å²) in [5, 5.41) is 3.80. The number of hydrogen-bond acceptors (Lipinski definition) is 2. The lowest BCUT2D eigenvalue weighted by molar-refractivity contribution is 0.275. The summed E-state index contributed by atoms with van der Waals surface area (Å²) in [6.45, 7) is 7.50. The maximum absolute atomic E-state index is 3.80. The SMILES string of the molecule is CCCN1CCCC(NCCC2CCC2)CC1. The number of nitrogens with zero attached hydrogens (tertiary/aromatic N) is 1. The molecule has 0 amide bonds. The van der Waals surface area contributed by atoms with Crippen molar-refractivity contribution < 1.29 is 0 Å². The summed E-state index contributed by atoms with van der Waals surface area (Å²) in [7, 11) is 0. The van der Waals surface area contributed by atoms with E-state index in [-0.39, 0.29) is 0 Å². The third-order valence-electron chi connectivity index (χ3n) is 4.57. The third kappa shape index (κ3) is 4.59. The Morgan fingerprint density at radius 2 is 1.94 bits per heavy atom. The standard InChI is InChI=1S/C15H30N2/c1-2-11-17-12-4-7-15(9-13-17)16-10-8-14-5-3-6-14/h14-16H,2-13H2,1H3. The molecule has 100 valence electrons. The van der Waals surface area contributed by atoms with Gasteiger partial charge < -0.3 is 10.2 Å². The number of nitrogens with one attached hydrogen (secondary N) is 1. The van der Waals surface area contributed by atoms with Gasteiger partial charge in [0.1, 0.15) is 0 Å². The lowest BCUT2D eigenvalue weighted by Gasteiger charge is -2.26. The Morgan fingerprint density at radius 3 is 2.65 bits per heavy atom. The second kappa shape index (κ2) is 7.38. The predicted molar refractivity (Wildman–Crippen MR) is 74.3 cm³/mol. The molecule has 0 aromatic rings. The van der Waals surface area contributed by atoms with Crippen LogP contribution in [0.2, 0.25) is 0 Å². The summed E-state index contributed by atoms with van der Waals surface area (Å²) in [5.41, 5.74) is 0. The lowest BCUT2D eigenvalue weighted by atomic mass is 9.83. The lowest BCUT2D eigenvalue weighted by Crippen LogP contribution is -2.33. The van der Waals surface area contributed by atoms with Crippen LogP contribution in [0.3, 0.4) is 0 Å². The molecule has 1 heterocycles. The Labute approximate surface area is 107 Å². The van der Waals surface area contributed by atoms with Crippen molar-refractivity contribution in [1.29, 1.82) is 0 Å². The minimum atomic E-state index is 0.803. The van der Waals surface area contributed by atoms with E-state index in [0.29, 0.717) is 0 Å². The quantitative estimate of drug-likeness (QED) is 0.765. The van der Waals surface area contributed by atoms with E-state index >= 15 is 0 Å². The van der Waals surface area contributed by atoms with Gasteiger partial charge in [0.15, 0.2) is 0 Å². The molecule has 1 saturated heterocycles. The highest BCUT2D eigenvalue weighted by Gasteiger charge is 2.19. The molecule has 1 saturated carbocycles.